The average Bonchev–Trinajstić information content (AvgIpc) is 2.49. The predicted octanol–water partition coefficient (Wildman–Crippen LogP) is 2.07. The third-order valence-electron chi connectivity index (χ3n) is 3.32. The second-order valence-corrected chi connectivity index (χ2v) is 4.69. The molecule has 6 nitrogen and oxygen atoms in total. The van der Waals surface area contributed by atoms with Crippen molar-refractivity contribution in [3.8, 4) is 11.3 Å². The molecule has 0 aliphatic carbocycles. The highest BCUT2D eigenvalue weighted by Gasteiger charge is 2.09. The molecule has 0 spiro atoms. The van der Waals surface area contributed by atoms with E-state index >= 15 is 0 Å². The van der Waals surface area contributed by atoms with Crippen LogP contribution in [0.15, 0.2) is 41.2 Å². The van der Waals surface area contributed by atoms with E-state index in [1.54, 1.807) is 29.8 Å². The van der Waals surface area contributed by atoms with Crippen LogP contribution < -0.4 is 10.9 Å². The molecule has 1 aromatic heterocycles. The van der Waals surface area contributed by atoms with Crippen molar-refractivity contribution in [3.05, 3.63) is 62.4 Å². The fourth-order valence-corrected chi connectivity index (χ4v) is 2.13. The largest absolute Gasteiger partial charge is 0.313 e. The number of nitrogens with zero attached hydrogens (tertiary/aromatic N) is 2. The van der Waals surface area contributed by atoms with Crippen molar-refractivity contribution in [1.29, 1.82) is 0 Å². The lowest BCUT2D eigenvalue weighted by atomic mass is 10.1. The van der Waals surface area contributed by atoms with Gasteiger partial charge in [-0.1, -0.05) is 13.0 Å². The molecule has 0 unspecified atom stereocenters. The van der Waals surface area contributed by atoms with Crippen molar-refractivity contribution >= 4 is 5.69 Å². The van der Waals surface area contributed by atoms with Gasteiger partial charge in [-0.05, 0) is 30.3 Å². The van der Waals surface area contributed by atoms with Gasteiger partial charge in [-0.2, -0.15) is 0 Å². The minimum Gasteiger partial charge on any atom is -0.313 e. The van der Waals surface area contributed by atoms with Crippen LogP contribution in [-0.4, -0.2) is 16.0 Å². The first-order valence-corrected chi connectivity index (χ1v) is 6.69. The molecule has 0 amide bonds. The van der Waals surface area contributed by atoms with Crippen LogP contribution in [0.2, 0.25) is 0 Å². The molecule has 21 heavy (non-hydrogen) atoms. The normalized spacial score (nSPS) is 10.6. The van der Waals surface area contributed by atoms with Gasteiger partial charge in [0.1, 0.15) is 0 Å². The van der Waals surface area contributed by atoms with Gasteiger partial charge < -0.3 is 9.88 Å². The van der Waals surface area contributed by atoms with E-state index in [1.165, 1.54) is 12.1 Å². The zero-order valence-electron chi connectivity index (χ0n) is 12.0. The Morgan fingerprint density at radius 2 is 1.86 bits per heavy atom. The summed E-state index contributed by atoms with van der Waals surface area (Å²) in [6.45, 7) is 3.31. The standard InChI is InChI=1S/C15H17N3O3/c1-3-16-10-12-6-9-14(17(2)15(12)19)11-4-7-13(8-5-11)18(20)21/h4-9,16H,3,10H2,1-2H3. The fraction of sp³-hybridized carbons (Fsp3) is 0.267. The molecule has 2 rings (SSSR count). The van der Waals surface area contributed by atoms with Crippen LogP contribution in [0.5, 0.6) is 0 Å². The van der Waals surface area contributed by atoms with E-state index < -0.39 is 4.92 Å². The number of pyridine rings is 1. The quantitative estimate of drug-likeness (QED) is 0.674. The summed E-state index contributed by atoms with van der Waals surface area (Å²) in [5.74, 6) is 0. The van der Waals surface area contributed by atoms with E-state index in [0.717, 1.165) is 17.8 Å². The second-order valence-electron chi connectivity index (χ2n) is 4.69. The SMILES string of the molecule is CCNCc1ccc(-c2ccc([N+](=O)[O-])cc2)n(C)c1=O. The molecular formula is C15H17N3O3. The molecule has 0 bridgehead atoms. The third-order valence-corrected chi connectivity index (χ3v) is 3.32. The molecule has 0 saturated heterocycles. The summed E-state index contributed by atoms with van der Waals surface area (Å²) in [6.07, 6.45) is 0. The summed E-state index contributed by atoms with van der Waals surface area (Å²) < 4.78 is 1.56. The Balaban J connectivity index is 2.38. The van der Waals surface area contributed by atoms with Gasteiger partial charge in [0, 0.05) is 31.3 Å². The monoisotopic (exact) mass is 287 g/mol. The van der Waals surface area contributed by atoms with Crippen molar-refractivity contribution in [3.63, 3.8) is 0 Å². The number of benzene rings is 1. The van der Waals surface area contributed by atoms with Crippen LogP contribution in [0.4, 0.5) is 5.69 Å². The van der Waals surface area contributed by atoms with Gasteiger partial charge in [-0.25, -0.2) is 0 Å². The Bertz CT molecular complexity index is 705. The van der Waals surface area contributed by atoms with Crippen molar-refractivity contribution in [2.24, 2.45) is 7.05 Å². The molecule has 2 aromatic rings. The summed E-state index contributed by atoms with van der Waals surface area (Å²) in [5.41, 5.74) is 2.18. The topological polar surface area (TPSA) is 77.2 Å². The lowest BCUT2D eigenvalue weighted by molar-refractivity contribution is -0.384. The Labute approximate surface area is 122 Å². The zero-order chi connectivity index (χ0) is 15.4. The Morgan fingerprint density at radius 3 is 2.43 bits per heavy atom. The first kappa shape index (κ1) is 14.9. The average molecular weight is 287 g/mol. The molecule has 0 radical (unpaired) electrons. The minimum absolute atomic E-state index is 0.0347. The maximum absolute atomic E-state index is 12.3. The van der Waals surface area contributed by atoms with Gasteiger partial charge in [0.15, 0.2) is 0 Å². The molecule has 1 aromatic carbocycles. The van der Waals surface area contributed by atoms with E-state index in [4.69, 9.17) is 0 Å². The van der Waals surface area contributed by atoms with Gasteiger partial charge in [-0.15, -0.1) is 0 Å². The summed E-state index contributed by atoms with van der Waals surface area (Å²) in [7, 11) is 1.70. The van der Waals surface area contributed by atoms with Gasteiger partial charge >= 0.3 is 0 Å². The molecule has 0 aliphatic rings. The molecule has 0 atom stereocenters. The van der Waals surface area contributed by atoms with Crippen LogP contribution in [0, 0.1) is 10.1 Å². The predicted molar refractivity (Wildman–Crippen MR) is 81.2 cm³/mol. The third kappa shape index (κ3) is 3.17. The Kier molecular flexibility index (Phi) is 4.49. The van der Waals surface area contributed by atoms with E-state index in [0.29, 0.717) is 12.1 Å². The number of non-ortho nitro benzene ring substituents is 1. The number of hydrogen-bond acceptors (Lipinski definition) is 4. The molecular weight excluding hydrogens is 270 g/mol. The lowest BCUT2D eigenvalue weighted by Crippen LogP contribution is -2.26. The van der Waals surface area contributed by atoms with E-state index in [-0.39, 0.29) is 11.2 Å². The van der Waals surface area contributed by atoms with E-state index in [2.05, 4.69) is 5.32 Å². The highest BCUT2D eigenvalue weighted by molar-refractivity contribution is 5.61. The van der Waals surface area contributed by atoms with Crippen molar-refractivity contribution in [2.75, 3.05) is 6.54 Å². The van der Waals surface area contributed by atoms with Crippen LogP contribution in [0.25, 0.3) is 11.3 Å². The summed E-state index contributed by atoms with van der Waals surface area (Å²) >= 11 is 0. The van der Waals surface area contributed by atoms with E-state index in [1.807, 2.05) is 13.0 Å². The number of aromatic nitrogens is 1. The van der Waals surface area contributed by atoms with Crippen molar-refractivity contribution < 1.29 is 4.92 Å². The molecule has 6 heteroatoms. The second kappa shape index (κ2) is 6.32. The Morgan fingerprint density at radius 1 is 1.19 bits per heavy atom. The molecule has 0 fully saturated rings. The minimum atomic E-state index is -0.442. The maximum Gasteiger partial charge on any atom is 0.269 e. The molecule has 110 valence electrons. The zero-order valence-corrected chi connectivity index (χ0v) is 12.0. The van der Waals surface area contributed by atoms with Crippen LogP contribution in [0.3, 0.4) is 0 Å². The first-order valence-electron chi connectivity index (χ1n) is 6.69. The van der Waals surface area contributed by atoms with Crippen LogP contribution in [0.1, 0.15) is 12.5 Å². The fourth-order valence-electron chi connectivity index (χ4n) is 2.13. The highest BCUT2D eigenvalue weighted by Crippen LogP contribution is 2.21. The number of nitro benzene ring substituents is 1. The summed E-state index contributed by atoms with van der Waals surface area (Å²) in [4.78, 5) is 22.5. The van der Waals surface area contributed by atoms with E-state index in [9.17, 15) is 14.9 Å². The maximum atomic E-state index is 12.3. The Hall–Kier alpha value is -2.47. The smallest absolute Gasteiger partial charge is 0.269 e. The van der Waals surface area contributed by atoms with Gasteiger partial charge in [-0.3, -0.25) is 14.9 Å². The molecule has 1 N–H and O–H groups in total. The number of nitro groups is 1. The molecule has 0 aliphatic heterocycles. The molecule has 1 heterocycles. The molecule has 0 saturated carbocycles. The summed E-state index contributed by atoms with van der Waals surface area (Å²) in [6, 6.07) is 9.82. The van der Waals surface area contributed by atoms with Crippen molar-refractivity contribution in [2.45, 2.75) is 13.5 Å². The van der Waals surface area contributed by atoms with Crippen LogP contribution in [-0.2, 0) is 13.6 Å². The number of nitrogens with one attached hydrogen (secondary N) is 1. The van der Waals surface area contributed by atoms with Gasteiger partial charge in [0.25, 0.3) is 11.2 Å². The lowest BCUT2D eigenvalue weighted by Gasteiger charge is -2.10. The number of rotatable bonds is 5. The van der Waals surface area contributed by atoms with Crippen LogP contribution >= 0.6 is 0 Å². The highest BCUT2D eigenvalue weighted by atomic mass is 16.6. The van der Waals surface area contributed by atoms with Gasteiger partial charge in [0.2, 0.25) is 0 Å². The van der Waals surface area contributed by atoms with Gasteiger partial charge in [0.05, 0.1) is 10.6 Å². The summed E-state index contributed by atoms with van der Waals surface area (Å²) in [5, 5.41) is 13.8. The first-order chi connectivity index (χ1) is 10.0. The van der Waals surface area contributed by atoms with Crippen molar-refractivity contribution in [1.82, 2.24) is 9.88 Å². The number of hydrogen-bond donors (Lipinski definition) is 1.